The second-order valence-electron chi connectivity index (χ2n) is 3.75. The summed E-state index contributed by atoms with van der Waals surface area (Å²) in [6.45, 7) is 0. The monoisotopic (exact) mass is 291 g/mol. The molecule has 8 nitrogen and oxygen atoms in total. The van der Waals surface area contributed by atoms with E-state index >= 15 is 0 Å². The number of non-ortho nitro benzene ring substituents is 1. The van der Waals surface area contributed by atoms with E-state index < -0.39 is 4.92 Å². The van der Waals surface area contributed by atoms with Gasteiger partial charge in [-0.1, -0.05) is 17.7 Å². The lowest BCUT2D eigenvalue weighted by atomic mass is 10.3. The van der Waals surface area contributed by atoms with Crippen LogP contribution in [0.5, 0.6) is 11.6 Å². The number of halogens is 1. The van der Waals surface area contributed by atoms with Crippen LogP contribution in [0.1, 0.15) is 0 Å². The summed E-state index contributed by atoms with van der Waals surface area (Å²) in [4.78, 5) is 18.1. The summed E-state index contributed by atoms with van der Waals surface area (Å²) in [6, 6.07) is 7.23. The number of nitro benzene ring substituents is 1. The van der Waals surface area contributed by atoms with Crippen molar-refractivity contribution in [3.63, 3.8) is 0 Å². The van der Waals surface area contributed by atoms with Gasteiger partial charge in [0, 0.05) is 12.1 Å². The predicted molar refractivity (Wildman–Crippen MR) is 69.0 cm³/mol. The second-order valence-corrected chi connectivity index (χ2v) is 4.13. The van der Waals surface area contributed by atoms with Crippen LogP contribution in [0.3, 0.4) is 0 Å². The quantitative estimate of drug-likeness (QED) is 0.418. The maximum Gasteiger partial charge on any atom is 0.273 e. The number of hydrogen-bond acceptors (Lipinski definition) is 6. The van der Waals surface area contributed by atoms with Gasteiger partial charge in [0.25, 0.3) is 11.5 Å². The van der Waals surface area contributed by atoms with Crippen molar-refractivity contribution in [2.45, 2.75) is 0 Å². The molecule has 2 aromatic heterocycles. The van der Waals surface area contributed by atoms with Gasteiger partial charge in [0.05, 0.1) is 11.0 Å². The van der Waals surface area contributed by atoms with Crippen molar-refractivity contribution in [2.24, 2.45) is 0 Å². The molecule has 0 radical (unpaired) electrons. The average molecular weight is 292 g/mol. The van der Waals surface area contributed by atoms with Crippen LogP contribution < -0.4 is 4.74 Å². The summed E-state index contributed by atoms with van der Waals surface area (Å²) in [6.07, 6.45) is 1.30. The van der Waals surface area contributed by atoms with Crippen LogP contribution in [0.25, 0.3) is 5.78 Å². The third kappa shape index (κ3) is 2.24. The molecule has 20 heavy (non-hydrogen) atoms. The Morgan fingerprint density at radius 3 is 3.00 bits per heavy atom. The first kappa shape index (κ1) is 12.3. The summed E-state index contributed by atoms with van der Waals surface area (Å²) in [5.74, 6) is 0.828. The van der Waals surface area contributed by atoms with Gasteiger partial charge in [0.15, 0.2) is 0 Å². The van der Waals surface area contributed by atoms with E-state index in [1.54, 1.807) is 6.07 Å². The third-order valence-electron chi connectivity index (χ3n) is 2.44. The molecule has 9 heteroatoms. The highest BCUT2D eigenvalue weighted by Gasteiger charge is 2.11. The number of nitrogens with zero attached hydrogens (tertiary/aromatic N) is 5. The molecule has 0 atom stereocenters. The lowest BCUT2D eigenvalue weighted by Gasteiger charge is -2.06. The van der Waals surface area contributed by atoms with Crippen LogP contribution in [0.2, 0.25) is 5.15 Å². The molecule has 0 saturated carbocycles. The fourth-order valence-corrected chi connectivity index (χ4v) is 1.78. The molecule has 0 aliphatic carbocycles. The van der Waals surface area contributed by atoms with Gasteiger partial charge in [-0.2, -0.15) is 19.6 Å². The fraction of sp³-hybridized carbons (Fsp3) is 0. The van der Waals surface area contributed by atoms with Crippen molar-refractivity contribution < 1.29 is 9.66 Å². The fourth-order valence-electron chi connectivity index (χ4n) is 1.61. The number of rotatable bonds is 3. The number of benzene rings is 1. The Labute approximate surface area is 116 Å². The van der Waals surface area contributed by atoms with Crippen LogP contribution in [-0.4, -0.2) is 24.5 Å². The van der Waals surface area contributed by atoms with Crippen LogP contribution in [-0.2, 0) is 0 Å². The molecular formula is C11H6ClN5O3. The van der Waals surface area contributed by atoms with Crippen molar-refractivity contribution in [1.29, 1.82) is 0 Å². The summed E-state index contributed by atoms with van der Waals surface area (Å²) in [5, 5.41) is 14.8. The highest BCUT2D eigenvalue weighted by Crippen LogP contribution is 2.26. The van der Waals surface area contributed by atoms with Crippen molar-refractivity contribution >= 4 is 23.1 Å². The van der Waals surface area contributed by atoms with Gasteiger partial charge in [-0.15, -0.1) is 0 Å². The topological polar surface area (TPSA) is 95.5 Å². The Balaban J connectivity index is 2.02. The van der Waals surface area contributed by atoms with E-state index in [1.165, 1.54) is 35.1 Å². The average Bonchev–Trinajstić information content (AvgIpc) is 2.87. The van der Waals surface area contributed by atoms with Gasteiger partial charge < -0.3 is 4.74 Å². The highest BCUT2D eigenvalue weighted by molar-refractivity contribution is 6.29. The molecule has 0 amide bonds. The SMILES string of the molecule is O=[N+]([O-])c1cccc(Oc2cc(Cl)nc3ncnn23)c1. The van der Waals surface area contributed by atoms with E-state index in [2.05, 4.69) is 15.1 Å². The zero-order valence-electron chi connectivity index (χ0n) is 9.80. The van der Waals surface area contributed by atoms with E-state index in [9.17, 15) is 10.1 Å². The van der Waals surface area contributed by atoms with Crippen molar-refractivity contribution in [3.05, 3.63) is 51.9 Å². The maximum absolute atomic E-state index is 10.7. The summed E-state index contributed by atoms with van der Waals surface area (Å²) < 4.78 is 6.89. The Morgan fingerprint density at radius 1 is 1.35 bits per heavy atom. The van der Waals surface area contributed by atoms with E-state index in [0.29, 0.717) is 5.75 Å². The molecule has 0 bridgehead atoms. The lowest BCUT2D eigenvalue weighted by molar-refractivity contribution is -0.384. The smallest absolute Gasteiger partial charge is 0.273 e. The number of hydrogen-bond donors (Lipinski definition) is 0. The minimum Gasteiger partial charge on any atom is -0.438 e. The predicted octanol–water partition coefficient (Wildman–Crippen LogP) is 2.48. The van der Waals surface area contributed by atoms with Crippen LogP contribution in [0.4, 0.5) is 5.69 Å². The summed E-state index contributed by atoms with van der Waals surface area (Å²) >= 11 is 5.85. The molecule has 0 aliphatic heterocycles. The maximum atomic E-state index is 10.7. The highest BCUT2D eigenvalue weighted by atomic mass is 35.5. The summed E-state index contributed by atoms with van der Waals surface area (Å²) in [7, 11) is 0. The third-order valence-corrected chi connectivity index (χ3v) is 2.63. The van der Waals surface area contributed by atoms with E-state index in [-0.39, 0.29) is 22.5 Å². The van der Waals surface area contributed by atoms with Gasteiger partial charge in [-0.3, -0.25) is 10.1 Å². The lowest BCUT2D eigenvalue weighted by Crippen LogP contribution is -1.98. The van der Waals surface area contributed by atoms with E-state index in [1.807, 2.05) is 0 Å². The van der Waals surface area contributed by atoms with Gasteiger partial charge in [0.2, 0.25) is 5.88 Å². The largest absolute Gasteiger partial charge is 0.438 e. The minimum atomic E-state index is -0.503. The van der Waals surface area contributed by atoms with E-state index in [4.69, 9.17) is 16.3 Å². The van der Waals surface area contributed by atoms with Crippen molar-refractivity contribution in [1.82, 2.24) is 19.6 Å². The first-order chi connectivity index (χ1) is 9.63. The zero-order valence-corrected chi connectivity index (χ0v) is 10.6. The molecule has 0 saturated heterocycles. The molecule has 3 aromatic rings. The molecule has 0 aliphatic rings. The molecule has 0 N–H and O–H groups in total. The van der Waals surface area contributed by atoms with Crippen LogP contribution in [0.15, 0.2) is 36.7 Å². The molecule has 0 unspecified atom stereocenters. The molecule has 2 heterocycles. The van der Waals surface area contributed by atoms with Gasteiger partial charge >= 0.3 is 0 Å². The van der Waals surface area contributed by atoms with E-state index in [0.717, 1.165) is 0 Å². The normalized spacial score (nSPS) is 10.7. The zero-order chi connectivity index (χ0) is 14.1. The number of ether oxygens (including phenoxy) is 1. The van der Waals surface area contributed by atoms with Gasteiger partial charge in [-0.05, 0) is 6.07 Å². The summed E-state index contributed by atoms with van der Waals surface area (Å²) in [5.41, 5.74) is -0.0718. The number of nitro groups is 1. The molecular weight excluding hydrogens is 286 g/mol. The minimum absolute atomic E-state index is 0.0718. The van der Waals surface area contributed by atoms with Crippen LogP contribution >= 0.6 is 11.6 Å². The van der Waals surface area contributed by atoms with Crippen molar-refractivity contribution in [2.75, 3.05) is 0 Å². The molecule has 3 rings (SSSR count). The first-order valence-corrected chi connectivity index (χ1v) is 5.80. The Bertz CT molecular complexity index is 804. The Morgan fingerprint density at radius 2 is 2.20 bits per heavy atom. The first-order valence-electron chi connectivity index (χ1n) is 5.42. The Hall–Kier alpha value is -2.74. The van der Waals surface area contributed by atoms with Gasteiger partial charge in [-0.25, -0.2) is 0 Å². The number of aromatic nitrogens is 4. The standard InChI is InChI=1S/C11H6ClN5O3/c12-9-5-10(16-11(15-9)13-6-14-16)20-8-3-1-2-7(4-8)17(18)19/h1-6H. The molecule has 0 spiro atoms. The van der Waals surface area contributed by atoms with Crippen LogP contribution in [0, 0.1) is 10.1 Å². The second kappa shape index (κ2) is 4.74. The van der Waals surface area contributed by atoms with Gasteiger partial charge in [0.1, 0.15) is 17.2 Å². The van der Waals surface area contributed by atoms with Crippen molar-refractivity contribution in [3.8, 4) is 11.6 Å². The molecule has 0 fully saturated rings. The molecule has 100 valence electrons. The molecule has 1 aromatic carbocycles. The number of fused-ring (bicyclic) bond motifs is 1. The Kier molecular flexibility index (Phi) is 2.92.